The van der Waals surface area contributed by atoms with Gasteiger partial charge in [-0.25, -0.2) is 4.79 Å². The lowest BCUT2D eigenvalue weighted by Gasteiger charge is -2.21. The molecule has 0 bridgehead atoms. The van der Waals surface area contributed by atoms with Crippen LogP contribution in [-0.4, -0.2) is 60.1 Å². The number of carbonyl (C=O) groups excluding carboxylic acids is 2. The van der Waals surface area contributed by atoms with Crippen molar-refractivity contribution in [2.45, 2.75) is 13.5 Å². The molecule has 0 N–H and O–H groups in total. The minimum absolute atomic E-state index is 0.00410. The van der Waals surface area contributed by atoms with Crippen molar-refractivity contribution in [1.82, 2.24) is 15.0 Å². The van der Waals surface area contributed by atoms with Crippen LogP contribution in [0.3, 0.4) is 0 Å². The summed E-state index contributed by atoms with van der Waals surface area (Å²) in [7, 11) is 1.26. The minimum Gasteiger partial charge on any atom is -0.464 e. The average molecular weight is 357 g/mol. The molecule has 0 radical (unpaired) electrons. The molecule has 7 nitrogen and oxygen atoms in total. The molecule has 1 saturated heterocycles. The first-order valence-corrected chi connectivity index (χ1v) is 8.67. The predicted molar refractivity (Wildman–Crippen MR) is 94.6 cm³/mol. The van der Waals surface area contributed by atoms with Crippen LogP contribution >= 0.6 is 0 Å². The van der Waals surface area contributed by atoms with Gasteiger partial charge in [0.25, 0.3) is 5.91 Å². The Kier molecular flexibility index (Phi) is 5.68. The topological polar surface area (TPSA) is 75.9 Å². The Morgan fingerprint density at radius 3 is 2.73 bits per heavy atom. The van der Waals surface area contributed by atoms with Gasteiger partial charge in [-0.2, -0.15) is 0 Å². The van der Waals surface area contributed by atoms with Crippen molar-refractivity contribution < 1.29 is 18.8 Å². The normalized spacial score (nSPS) is 18.4. The molecule has 138 valence electrons. The Bertz CT molecular complexity index is 759. The van der Waals surface area contributed by atoms with E-state index in [0.29, 0.717) is 19.0 Å². The second-order valence-corrected chi connectivity index (χ2v) is 6.65. The Morgan fingerprint density at radius 1 is 1.23 bits per heavy atom. The molecule has 1 fully saturated rings. The average Bonchev–Trinajstić information content (AvgIpc) is 3.07. The van der Waals surface area contributed by atoms with Crippen molar-refractivity contribution >= 4 is 11.9 Å². The number of benzene rings is 1. The first-order chi connectivity index (χ1) is 12.6. The molecule has 26 heavy (non-hydrogen) atoms. The molecule has 1 aliphatic rings. The van der Waals surface area contributed by atoms with Crippen LogP contribution in [0.15, 0.2) is 40.9 Å². The molecule has 2 heterocycles. The van der Waals surface area contributed by atoms with E-state index in [4.69, 9.17) is 4.52 Å². The predicted octanol–water partition coefficient (Wildman–Crippen LogP) is 2.06. The molecule has 1 aliphatic heterocycles. The zero-order chi connectivity index (χ0) is 18.5. The lowest BCUT2D eigenvalue weighted by Crippen LogP contribution is -2.35. The smallest absolute Gasteiger partial charge is 0.360 e. The lowest BCUT2D eigenvalue weighted by molar-refractivity contribution is 0.0586. The van der Waals surface area contributed by atoms with Gasteiger partial charge in [0.15, 0.2) is 5.69 Å². The molecule has 0 saturated carbocycles. The fourth-order valence-corrected chi connectivity index (χ4v) is 3.22. The number of methoxy groups -OCH3 is 1. The molecule has 3 rings (SSSR count). The zero-order valence-electron chi connectivity index (χ0n) is 15.1. The second kappa shape index (κ2) is 8.14. The van der Waals surface area contributed by atoms with Gasteiger partial charge in [0.1, 0.15) is 0 Å². The second-order valence-electron chi connectivity index (χ2n) is 6.65. The maximum absolute atomic E-state index is 12.7. The van der Waals surface area contributed by atoms with Crippen LogP contribution < -0.4 is 0 Å². The van der Waals surface area contributed by atoms with Crippen LogP contribution in [0, 0.1) is 5.92 Å². The van der Waals surface area contributed by atoms with E-state index < -0.39 is 5.97 Å². The number of hydrogen-bond acceptors (Lipinski definition) is 6. The van der Waals surface area contributed by atoms with Gasteiger partial charge >= 0.3 is 5.97 Å². The standard InChI is InChI=1S/C19H23N3O4/c1-14-11-21(13-15-6-4-3-5-7-15)8-9-22(12-14)18(23)17-10-16(20-26-17)19(24)25-2/h3-7,10,14H,8-9,11-13H2,1-2H3. The maximum atomic E-state index is 12.7. The van der Waals surface area contributed by atoms with E-state index in [1.807, 2.05) is 18.2 Å². The van der Waals surface area contributed by atoms with Gasteiger partial charge < -0.3 is 14.2 Å². The van der Waals surface area contributed by atoms with Crippen molar-refractivity contribution in [3.63, 3.8) is 0 Å². The van der Waals surface area contributed by atoms with Crippen molar-refractivity contribution in [2.24, 2.45) is 5.92 Å². The van der Waals surface area contributed by atoms with Crippen LogP contribution in [0.5, 0.6) is 0 Å². The Morgan fingerprint density at radius 2 is 2.00 bits per heavy atom. The molecule has 7 heteroatoms. The van der Waals surface area contributed by atoms with Gasteiger partial charge in [0.05, 0.1) is 7.11 Å². The number of amides is 1. The van der Waals surface area contributed by atoms with Crippen LogP contribution in [0.2, 0.25) is 0 Å². The molecule has 1 amide bonds. The molecule has 2 aromatic rings. The van der Waals surface area contributed by atoms with Crippen LogP contribution in [-0.2, 0) is 11.3 Å². The molecular weight excluding hydrogens is 334 g/mol. The third kappa shape index (κ3) is 4.29. The molecule has 0 spiro atoms. The molecule has 1 atom stereocenters. The Hall–Kier alpha value is -2.67. The summed E-state index contributed by atoms with van der Waals surface area (Å²) in [5.41, 5.74) is 1.27. The maximum Gasteiger partial charge on any atom is 0.360 e. The van der Waals surface area contributed by atoms with E-state index >= 15 is 0 Å². The van der Waals surface area contributed by atoms with Crippen LogP contribution in [0.4, 0.5) is 0 Å². The fourth-order valence-electron chi connectivity index (χ4n) is 3.22. The Labute approximate surface area is 152 Å². The summed E-state index contributed by atoms with van der Waals surface area (Å²) >= 11 is 0. The fraction of sp³-hybridized carbons (Fsp3) is 0.421. The third-order valence-corrected chi connectivity index (χ3v) is 4.44. The number of carbonyl (C=O) groups is 2. The van der Waals surface area contributed by atoms with Gasteiger partial charge in [-0.15, -0.1) is 0 Å². The van der Waals surface area contributed by atoms with Gasteiger partial charge in [-0.3, -0.25) is 9.69 Å². The van der Waals surface area contributed by atoms with Crippen molar-refractivity contribution in [3.05, 3.63) is 53.4 Å². The zero-order valence-corrected chi connectivity index (χ0v) is 15.1. The van der Waals surface area contributed by atoms with Crippen LogP contribution in [0.1, 0.15) is 33.5 Å². The molecule has 1 aromatic heterocycles. The monoisotopic (exact) mass is 357 g/mol. The third-order valence-electron chi connectivity index (χ3n) is 4.44. The highest BCUT2D eigenvalue weighted by molar-refractivity contribution is 5.95. The highest BCUT2D eigenvalue weighted by Crippen LogP contribution is 2.16. The first kappa shape index (κ1) is 18.1. The summed E-state index contributed by atoms with van der Waals surface area (Å²) in [5, 5.41) is 3.61. The summed E-state index contributed by atoms with van der Waals surface area (Å²) < 4.78 is 9.64. The highest BCUT2D eigenvalue weighted by atomic mass is 16.5. The number of hydrogen-bond donors (Lipinski definition) is 0. The van der Waals surface area contributed by atoms with Gasteiger partial charge in [0.2, 0.25) is 5.76 Å². The summed E-state index contributed by atoms with van der Waals surface area (Å²) in [6, 6.07) is 11.6. The van der Waals surface area contributed by atoms with Gasteiger partial charge in [-0.05, 0) is 11.5 Å². The molecule has 0 aliphatic carbocycles. The van der Waals surface area contributed by atoms with Crippen molar-refractivity contribution in [3.8, 4) is 0 Å². The van der Waals surface area contributed by atoms with E-state index in [1.54, 1.807) is 4.90 Å². The summed E-state index contributed by atoms with van der Waals surface area (Å²) in [4.78, 5) is 28.3. The molecule has 1 unspecified atom stereocenters. The molecule has 1 aromatic carbocycles. The summed E-state index contributed by atoms with van der Waals surface area (Å²) in [6.07, 6.45) is 0. The van der Waals surface area contributed by atoms with E-state index in [9.17, 15) is 9.59 Å². The Balaban J connectivity index is 1.65. The number of aromatic nitrogens is 1. The van der Waals surface area contributed by atoms with Crippen molar-refractivity contribution in [2.75, 3.05) is 33.3 Å². The van der Waals surface area contributed by atoms with Gasteiger partial charge in [-0.1, -0.05) is 42.4 Å². The number of ether oxygens (including phenoxy) is 1. The number of rotatable bonds is 4. The van der Waals surface area contributed by atoms with Crippen LogP contribution in [0.25, 0.3) is 0 Å². The highest BCUT2D eigenvalue weighted by Gasteiger charge is 2.27. The van der Waals surface area contributed by atoms with Gasteiger partial charge in [0, 0.05) is 38.8 Å². The molecular formula is C19H23N3O4. The number of nitrogens with zero attached hydrogens (tertiary/aromatic N) is 3. The largest absolute Gasteiger partial charge is 0.464 e. The SMILES string of the molecule is COC(=O)c1cc(C(=O)N2CCN(Cc3ccccc3)CC(C)C2)on1. The quantitative estimate of drug-likeness (QED) is 0.780. The van der Waals surface area contributed by atoms with E-state index in [2.05, 4.69) is 33.8 Å². The van der Waals surface area contributed by atoms with E-state index in [0.717, 1.165) is 19.6 Å². The minimum atomic E-state index is -0.619. The summed E-state index contributed by atoms with van der Waals surface area (Å²) in [6.45, 7) is 5.93. The van der Waals surface area contributed by atoms with E-state index in [-0.39, 0.29) is 17.4 Å². The van der Waals surface area contributed by atoms with Crippen molar-refractivity contribution in [1.29, 1.82) is 0 Å². The first-order valence-electron chi connectivity index (χ1n) is 8.67. The lowest BCUT2D eigenvalue weighted by atomic mass is 10.1. The van der Waals surface area contributed by atoms with E-state index in [1.165, 1.54) is 18.7 Å². The number of esters is 1. The summed E-state index contributed by atoms with van der Waals surface area (Å²) in [5.74, 6) is -0.477.